The summed E-state index contributed by atoms with van der Waals surface area (Å²) < 4.78 is 8.50. The number of ether oxygens (including phenoxy) is 1. The maximum Gasteiger partial charge on any atom is 0.357 e. The molecule has 0 aromatic carbocycles. The molecule has 0 aromatic rings. The fourth-order valence-electron chi connectivity index (χ4n) is 0.202. The summed E-state index contributed by atoms with van der Waals surface area (Å²) in [5.41, 5.74) is 0. The van der Waals surface area contributed by atoms with Gasteiger partial charge < -0.3 is 14.5 Å². The van der Waals surface area contributed by atoms with Gasteiger partial charge >= 0.3 is 8.60 Å². The van der Waals surface area contributed by atoms with Crippen LogP contribution in [0.4, 0.5) is 0 Å². The summed E-state index contributed by atoms with van der Waals surface area (Å²) in [5, 5.41) is 0. The SMILES string of the molecule is COCCOOP(O)O. The number of methoxy groups -OCH3 is 1. The highest BCUT2D eigenvalue weighted by atomic mass is 31.2. The predicted octanol–water partition coefficient (Wildman–Crippen LogP) is -0.208. The predicted molar refractivity (Wildman–Crippen MR) is 30.3 cm³/mol. The maximum atomic E-state index is 8.08. The normalized spacial score (nSPS) is 10.7. The van der Waals surface area contributed by atoms with E-state index in [1.807, 2.05) is 0 Å². The van der Waals surface area contributed by atoms with Crippen LogP contribution in [0, 0.1) is 0 Å². The first-order valence-electron chi connectivity index (χ1n) is 2.23. The molecule has 0 spiro atoms. The van der Waals surface area contributed by atoms with Crippen LogP contribution in [-0.4, -0.2) is 30.1 Å². The molecule has 0 bridgehead atoms. The molecule has 0 aromatic heterocycles. The Labute approximate surface area is 54.1 Å². The first-order chi connectivity index (χ1) is 4.27. The van der Waals surface area contributed by atoms with Gasteiger partial charge in [-0.3, -0.25) is 0 Å². The topological polar surface area (TPSA) is 68.2 Å². The van der Waals surface area contributed by atoms with E-state index in [4.69, 9.17) is 9.79 Å². The van der Waals surface area contributed by atoms with Crippen LogP contribution >= 0.6 is 8.60 Å². The average Bonchev–Trinajstić information content (AvgIpc) is 1.80. The molecule has 2 N–H and O–H groups in total. The minimum atomic E-state index is -2.39. The fraction of sp³-hybridized carbons (Fsp3) is 1.00. The standard InChI is InChI=1S/C3H9O5P/c1-6-2-3-7-8-9(4)5/h4-5H,2-3H2,1H3. The van der Waals surface area contributed by atoms with Crippen LogP contribution in [0.1, 0.15) is 0 Å². The molecule has 0 aliphatic rings. The molecular weight excluding hydrogens is 147 g/mol. The van der Waals surface area contributed by atoms with E-state index in [0.717, 1.165) is 0 Å². The number of rotatable bonds is 5. The van der Waals surface area contributed by atoms with E-state index in [9.17, 15) is 0 Å². The van der Waals surface area contributed by atoms with Crippen molar-refractivity contribution < 1.29 is 24.1 Å². The Morgan fingerprint density at radius 3 is 2.44 bits per heavy atom. The van der Waals surface area contributed by atoms with Crippen molar-refractivity contribution in [1.29, 1.82) is 0 Å². The average molecular weight is 156 g/mol. The smallest absolute Gasteiger partial charge is 0.357 e. The molecule has 0 amide bonds. The molecule has 0 saturated heterocycles. The van der Waals surface area contributed by atoms with Crippen molar-refractivity contribution in [3.63, 3.8) is 0 Å². The van der Waals surface area contributed by atoms with Gasteiger partial charge in [-0.05, 0) is 0 Å². The zero-order valence-corrected chi connectivity index (χ0v) is 5.88. The van der Waals surface area contributed by atoms with Crippen LogP contribution in [0.5, 0.6) is 0 Å². The van der Waals surface area contributed by atoms with Crippen LogP contribution < -0.4 is 0 Å². The van der Waals surface area contributed by atoms with Gasteiger partial charge in [-0.2, -0.15) is 4.67 Å². The van der Waals surface area contributed by atoms with E-state index in [1.165, 1.54) is 7.11 Å². The highest BCUT2D eigenvalue weighted by Gasteiger charge is 1.97. The van der Waals surface area contributed by atoms with Gasteiger partial charge in [0, 0.05) is 7.11 Å². The van der Waals surface area contributed by atoms with Crippen molar-refractivity contribution in [2.24, 2.45) is 0 Å². The molecular formula is C3H9O5P. The lowest BCUT2D eigenvalue weighted by Gasteiger charge is -2.01. The molecule has 56 valence electrons. The van der Waals surface area contributed by atoms with Crippen LogP contribution in [-0.2, 0) is 14.3 Å². The van der Waals surface area contributed by atoms with Crippen LogP contribution in [0.2, 0.25) is 0 Å². The van der Waals surface area contributed by atoms with Gasteiger partial charge in [0.15, 0.2) is 0 Å². The summed E-state index contributed by atoms with van der Waals surface area (Å²) in [6, 6.07) is 0. The van der Waals surface area contributed by atoms with Gasteiger partial charge in [-0.25, -0.2) is 4.89 Å². The molecule has 5 nitrogen and oxygen atoms in total. The van der Waals surface area contributed by atoms with Gasteiger partial charge in [0.05, 0.1) is 6.61 Å². The van der Waals surface area contributed by atoms with Crippen molar-refractivity contribution in [2.45, 2.75) is 0 Å². The Kier molecular flexibility index (Phi) is 6.51. The van der Waals surface area contributed by atoms with E-state index >= 15 is 0 Å². The van der Waals surface area contributed by atoms with Gasteiger partial charge in [-0.15, -0.1) is 0 Å². The molecule has 0 aliphatic carbocycles. The lowest BCUT2D eigenvalue weighted by atomic mass is 10.8. The lowest BCUT2D eigenvalue weighted by molar-refractivity contribution is -0.219. The summed E-state index contributed by atoms with van der Waals surface area (Å²) >= 11 is 0. The largest absolute Gasteiger partial charge is 0.382 e. The van der Waals surface area contributed by atoms with Crippen LogP contribution in [0.3, 0.4) is 0 Å². The summed E-state index contributed by atoms with van der Waals surface area (Å²) in [6.45, 7) is 0.555. The highest BCUT2D eigenvalue weighted by Crippen LogP contribution is 2.23. The van der Waals surface area contributed by atoms with Gasteiger partial charge in [0.2, 0.25) is 0 Å². The first kappa shape index (κ1) is 9.23. The Morgan fingerprint density at radius 2 is 2.00 bits per heavy atom. The molecule has 6 heteroatoms. The van der Waals surface area contributed by atoms with E-state index < -0.39 is 8.60 Å². The maximum absolute atomic E-state index is 8.08. The monoisotopic (exact) mass is 156 g/mol. The minimum Gasteiger partial charge on any atom is -0.382 e. The zero-order valence-electron chi connectivity index (χ0n) is 4.98. The van der Waals surface area contributed by atoms with E-state index in [-0.39, 0.29) is 6.61 Å². The molecule has 0 radical (unpaired) electrons. The second-order valence-corrected chi connectivity index (χ2v) is 1.80. The zero-order chi connectivity index (χ0) is 7.11. The Balaban J connectivity index is 2.75. The fourth-order valence-corrected chi connectivity index (χ4v) is 0.371. The second kappa shape index (κ2) is 6.35. The number of hydrogen-bond acceptors (Lipinski definition) is 5. The third-order valence-electron chi connectivity index (χ3n) is 0.490. The first-order valence-corrected chi connectivity index (χ1v) is 3.40. The Hall–Kier alpha value is 0.230. The molecule has 0 atom stereocenters. The molecule has 0 aliphatic heterocycles. The lowest BCUT2D eigenvalue weighted by Crippen LogP contribution is -1.99. The quantitative estimate of drug-likeness (QED) is 0.249. The van der Waals surface area contributed by atoms with Crippen molar-refractivity contribution >= 4 is 8.60 Å². The third-order valence-corrected chi connectivity index (χ3v) is 0.729. The van der Waals surface area contributed by atoms with Gasteiger partial charge in [0.1, 0.15) is 6.61 Å². The van der Waals surface area contributed by atoms with Gasteiger partial charge in [0.25, 0.3) is 0 Å². The summed E-state index contributed by atoms with van der Waals surface area (Å²) in [5.74, 6) is 0. The van der Waals surface area contributed by atoms with E-state index in [0.29, 0.717) is 6.61 Å². The molecule has 0 unspecified atom stereocenters. The van der Waals surface area contributed by atoms with Crippen molar-refractivity contribution in [2.75, 3.05) is 20.3 Å². The minimum absolute atomic E-state index is 0.191. The summed E-state index contributed by atoms with van der Waals surface area (Å²) in [7, 11) is -0.891. The van der Waals surface area contributed by atoms with Gasteiger partial charge in [-0.1, -0.05) is 0 Å². The second-order valence-electron chi connectivity index (χ2n) is 1.14. The third kappa shape index (κ3) is 8.23. The molecule has 0 rings (SSSR count). The van der Waals surface area contributed by atoms with Crippen LogP contribution in [0.15, 0.2) is 0 Å². The van der Waals surface area contributed by atoms with E-state index in [1.54, 1.807) is 0 Å². The number of hydrogen-bond donors (Lipinski definition) is 2. The van der Waals surface area contributed by atoms with Crippen molar-refractivity contribution in [1.82, 2.24) is 0 Å². The van der Waals surface area contributed by atoms with Crippen LogP contribution in [0.25, 0.3) is 0 Å². The Morgan fingerprint density at radius 1 is 1.33 bits per heavy atom. The summed E-state index contributed by atoms with van der Waals surface area (Å²) in [4.78, 5) is 20.4. The molecule has 9 heavy (non-hydrogen) atoms. The molecule has 0 heterocycles. The highest BCUT2D eigenvalue weighted by molar-refractivity contribution is 7.39. The molecule has 0 fully saturated rings. The molecule has 0 saturated carbocycles. The van der Waals surface area contributed by atoms with Crippen molar-refractivity contribution in [3.05, 3.63) is 0 Å². The van der Waals surface area contributed by atoms with Crippen molar-refractivity contribution in [3.8, 4) is 0 Å². The Bertz CT molecular complexity index is 58.2. The van der Waals surface area contributed by atoms with E-state index in [2.05, 4.69) is 14.3 Å². The summed E-state index contributed by atoms with van der Waals surface area (Å²) in [6.07, 6.45) is 0.